The van der Waals surface area contributed by atoms with E-state index in [1.165, 1.54) is 11.6 Å². The lowest BCUT2D eigenvalue weighted by Crippen LogP contribution is -2.40. The average Bonchev–Trinajstić information content (AvgIpc) is 2.73. The third-order valence-electron chi connectivity index (χ3n) is 4.10. The van der Waals surface area contributed by atoms with Crippen LogP contribution in [0.1, 0.15) is 11.1 Å². The molecule has 0 fully saturated rings. The first kappa shape index (κ1) is 19.6. The number of aromatic nitrogens is 2. The fourth-order valence-corrected chi connectivity index (χ4v) is 3.20. The smallest absolute Gasteiger partial charge is 0.413 e. The number of carbonyl (C=O) groups is 1. The van der Waals surface area contributed by atoms with E-state index in [-0.39, 0.29) is 23.4 Å². The van der Waals surface area contributed by atoms with E-state index in [2.05, 4.69) is 21.2 Å². The minimum atomic E-state index is -0.765. The largest absolute Gasteiger partial charge is 0.444 e. The number of anilines is 1. The molecule has 144 valence electrons. The molecule has 0 aliphatic heterocycles. The summed E-state index contributed by atoms with van der Waals surface area (Å²) in [6.45, 7) is 0.249. The molecule has 0 aliphatic carbocycles. The molecule has 0 saturated heterocycles. The summed E-state index contributed by atoms with van der Waals surface area (Å²) in [6, 6.07) is 18.5. The molecular weight excluding hydrogens is 426 g/mol. The van der Waals surface area contributed by atoms with Gasteiger partial charge in [-0.25, -0.2) is 9.59 Å². The van der Waals surface area contributed by atoms with Crippen molar-refractivity contribution in [2.75, 3.05) is 5.32 Å². The summed E-state index contributed by atoms with van der Waals surface area (Å²) in [5.41, 5.74) is 0.571. The van der Waals surface area contributed by atoms with E-state index in [0.717, 1.165) is 15.7 Å². The quantitative estimate of drug-likeness (QED) is 0.656. The van der Waals surface area contributed by atoms with E-state index >= 15 is 0 Å². The van der Waals surface area contributed by atoms with Crippen LogP contribution >= 0.6 is 15.9 Å². The van der Waals surface area contributed by atoms with E-state index in [4.69, 9.17) is 4.74 Å². The Morgan fingerprint density at radius 1 is 1.00 bits per heavy atom. The normalized spacial score (nSPS) is 10.5. The van der Waals surface area contributed by atoms with Crippen LogP contribution in [0, 0.1) is 0 Å². The summed E-state index contributed by atoms with van der Waals surface area (Å²) in [5.74, 6) is 0.0509. The molecule has 0 atom stereocenters. The summed E-state index contributed by atoms with van der Waals surface area (Å²) in [4.78, 5) is 37.2. The molecule has 1 N–H and O–H groups in total. The lowest BCUT2D eigenvalue weighted by molar-refractivity contribution is 0.155. The minimum Gasteiger partial charge on any atom is -0.444 e. The fraction of sp³-hybridized carbons (Fsp3) is 0.150. The Balaban J connectivity index is 1.89. The number of hydrogen-bond donors (Lipinski definition) is 1. The topological polar surface area (TPSA) is 82.3 Å². The Kier molecular flexibility index (Phi) is 6.10. The summed E-state index contributed by atoms with van der Waals surface area (Å²) < 4.78 is 7.57. The molecule has 1 heterocycles. The van der Waals surface area contributed by atoms with Gasteiger partial charge in [0.15, 0.2) is 0 Å². The molecule has 28 heavy (non-hydrogen) atoms. The average molecular weight is 444 g/mol. The molecule has 1 aromatic heterocycles. The van der Waals surface area contributed by atoms with E-state index in [0.29, 0.717) is 0 Å². The predicted octanol–water partition coefficient (Wildman–Crippen LogP) is 3.11. The van der Waals surface area contributed by atoms with E-state index in [9.17, 15) is 14.4 Å². The van der Waals surface area contributed by atoms with Gasteiger partial charge in [-0.1, -0.05) is 60.7 Å². The van der Waals surface area contributed by atoms with Crippen molar-refractivity contribution in [3.63, 3.8) is 0 Å². The van der Waals surface area contributed by atoms with Crippen molar-refractivity contribution in [2.45, 2.75) is 13.2 Å². The minimum absolute atomic E-state index is 0.0509. The molecular formula is C20H18BrN3O4. The summed E-state index contributed by atoms with van der Waals surface area (Å²) in [6.07, 6.45) is -0.765. The highest BCUT2D eigenvalue weighted by Crippen LogP contribution is 2.18. The molecule has 0 saturated carbocycles. The molecule has 7 nitrogen and oxygen atoms in total. The molecule has 3 rings (SSSR count). The number of hydrogen-bond acceptors (Lipinski definition) is 4. The van der Waals surface area contributed by atoms with Crippen molar-refractivity contribution >= 4 is 27.8 Å². The van der Waals surface area contributed by atoms with Gasteiger partial charge in [0, 0.05) is 7.05 Å². The lowest BCUT2D eigenvalue weighted by Gasteiger charge is -2.16. The van der Waals surface area contributed by atoms with Gasteiger partial charge in [0.05, 0.1) is 6.54 Å². The molecule has 8 heteroatoms. The zero-order valence-corrected chi connectivity index (χ0v) is 16.7. The first-order valence-corrected chi connectivity index (χ1v) is 9.27. The molecule has 0 radical (unpaired) electrons. The summed E-state index contributed by atoms with van der Waals surface area (Å²) in [5, 5.41) is 2.52. The van der Waals surface area contributed by atoms with E-state index in [1.807, 2.05) is 60.7 Å². The number of amides is 1. The van der Waals surface area contributed by atoms with Crippen molar-refractivity contribution in [3.05, 3.63) is 97.1 Å². The van der Waals surface area contributed by atoms with Crippen LogP contribution < -0.4 is 16.6 Å². The Morgan fingerprint density at radius 3 is 2.18 bits per heavy atom. The van der Waals surface area contributed by atoms with Crippen molar-refractivity contribution in [1.82, 2.24) is 9.13 Å². The second kappa shape index (κ2) is 8.71. The van der Waals surface area contributed by atoms with Crippen LogP contribution in [0.25, 0.3) is 0 Å². The molecule has 2 aromatic carbocycles. The number of carbonyl (C=O) groups excluding carboxylic acids is 1. The van der Waals surface area contributed by atoms with Crippen molar-refractivity contribution < 1.29 is 9.53 Å². The fourth-order valence-electron chi connectivity index (χ4n) is 2.62. The lowest BCUT2D eigenvalue weighted by atomic mass is 10.2. The van der Waals surface area contributed by atoms with Crippen LogP contribution in [0.5, 0.6) is 0 Å². The zero-order chi connectivity index (χ0) is 20.1. The molecule has 1 amide bonds. The standard InChI is InChI=1S/C20H18BrN3O4/c1-23-18(25)16(21)17(22-19(26)28-13-15-10-6-3-7-11-15)24(20(23)27)12-14-8-4-2-5-9-14/h2-11H,12-13H2,1H3,(H,22,26). The monoisotopic (exact) mass is 443 g/mol. The predicted molar refractivity (Wildman–Crippen MR) is 109 cm³/mol. The first-order chi connectivity index (χ1) is 13.5. The third kappa shape index (κ3) is 4.40. The maximum absolute atomic E-state index is 12.6. The highest BCUT2D eigenvalue weighted by atomic mass is 79.9. The number of rotatable bonds is 5. The van der Waals surface area contributed by atoms with Crippen LogP contribution in [-0.4, -0.2) is 15.2 Å². The van der Waals surface area contributed by atoms with E-state index in [1.54, 1.807) is 0 Å². The molecule has 0 unspecified atom stereocenters. The van der Waals surface area contributed by atoms with Crippen LogP contribution in [0.4, 0.5) is 10.6 Å². The Labute approximate surface area is 169 Å². The Bertz CT molecular complexity index is 1090. The number of ether oxygens (including phenoxy) is 1. The van der Waals surface area contributed by atoms with Crippen LogP contribution in [0.3, 0.4) is 0 Å². The molecule has 0 bridgehead atoms. The van der Waals surface area contributed by atoms with Gasteiger partial charge in [0.1, 0.15) is 16.9 Å². The van der Waals surface area contributed by atoms with Crippen LogP contribution in [0.2, 0.25) is 0 Å². The van der Waals surface area contributed by atoms with Gasteiger partial charge in [0.2, 0.25) is 0 Å². The Morgan fingerprint density at radius 2 is 1.57 bits per heavy atom. The van der Waals surface area contributed by atoms with Crippen LogP contribution in [-0.2, 0) is 24.9 Å². The second-order valence-electron chi connectivity index (χ2n) is 6.07. The maximum Gasteiger partial charge on any atom is 0.413 e. The third-order valence-corrected chi connectivity index (χ3v) is 4.82. The number of benzene rings is 2. The molecule has 0 spiro atoms. The molecule has 3 aromatic rings. The van der Waals surface area contributed by atoms with Gasteiger partial charge in [-0.05, 0) is 27.1 Å². The number of halogens is 1. The first-order valence-electron chi connectivity index (χ1n) is 8.48. The van der Waals surface area contributed by atoms with Gasteiger partial charge in [-0.2, -0.15) is 0 Å². The van der Waals surface area contributed by atoms with Crippen molar-refractivity contribution in [2.24, 2.45) is 7.05 Å². The highest BCUT2D eigenvalue weighted by Gasteiger charge is 2.18. The summed E-state index contributed by atoms with van der Waals surface area (Å²) >= 11 is 3.19. The van der Waals surface area contributed by atoms with Gasteiger partial charge in [-0.3, -0.25) is 19.2 Å². The van der Waals surface area contributed by atoms with Crippen molar-refractivity contribution in [1.29, 1.82) is 0 Å². The number of nitrogens with one attached hydrogen (secondary N) is 1. The van der Waals surface area contributed by atoms with Crippen molar-refractivity contribution in [3.8, 4) is 0 Å². The summed E-state index contributed by atoms with van der Waals surface area (Å²) in [7, 11) is 1.38. The van der Waals surface area contributed by atoms with Gasteiger partial charge < -0.3 is 4.74 Å². The Hall–Kier alpha value is -3.13. The highest BCUT2D eigenvalue weighted by molar-refractivity contribution is 9.10. The SMILES string of the molecule is Cn1c(=O)c(Br)c(NC(=O)OCc2ccccc2)n(Cc2ccccc2)c1=O. The molecule has 0 aliphatic rings. The second-order valence-corrected chi connectivity index (χ2v) is 6.86. The maximum atomic E-state index is 12.6. The number of nitrogens with zero attached hydrogens (tertiary/aromatic N) is 2. The van der Waals surface area contributed by atoms with Gasteiger partial charge >= 0.3 is 11.8 Å². The van der Waals surface area contributed by atoms with E-state index < -0.39 is 17.3 Å². The zero-order valence-electron chi connectivity index (χ0n) is 15.1. The van der Waals surface area contributed by atoms with Gasteiger partial charge in [-0.15, -0.1) is 0 Å². The van der Waals surface area contributed by atoms with Gasteiger partial charge in [0.25, 0.3) is 5.56 Å². The van der Waals surface area contributed by atoms with Crippen LogP contribution in [0.15, 0.2) is 74.7 Å².